The van der Waals surface area contributed by atoms with Crippen LogP contribution in [-0.2, 0) is 14.8 Å². The van der Waals surface area contributed by atoms with Crippen LogP contribution in [0.2, 0.25) is 0 Å². The van der Waals surface area contributed by atoms with Gasteiger partial charge < -0.3 is 10.5 Å². The molecule has 5 nitrogen and oxygen atoms in total. The minimum Gasteiger partial charge on any atom is -0.381 e. The van der Waals surface area contributed by atoms with E-state index in [0.717, 1.165) is 19.3 Å². The second-order valence-corrected chi connectivity index (χ2v) is 6.75. The first-order valence-corrected chi connectivity index (χ1v) is 7.90. The van der Waals surface area contributed by atoms with Gasteiger partial charge in [-0.2, -0.15) is 0 Å². The van der Waals surface area contributed by atoms with Gasteiger partial charge >= 0.3 is 0 Å². The molecule has 1 unspecified atom stereocenters. The van der Waals surface area contributed by atoms with E-state index < -0.39 is 15.6 Å². The quantitative estimate of drug-likeness (QED) is 0.700. The molecule has 1 atom stereocenters. The third-order valence-electron chi connectivity index (χ3n) is 3.53. The molecule has 17 heavy (non-hydrogen) atoms. The Labute approximate surface area is 104 Å². The second kappa shape index (κ2) is 6.13. The third-order valence-corrected chi connectivity index (χ3v) is 5.03. The van der Waals surface area contributed by atoms with Gasteiger partial charge in [-0.05, 0) is 25.2 Å². The molecule has 0 spiro atoms. The molecule has 1 aliphatic heterocycles. The van der Waals surface area contributed by atoms with Crippen LogP contribution in [0.3, 0.4) is 0 Å². The normalized spacial score (nSPS) is 21.9. The van der Waals surface area contributed by atoms with Crippen molar-refractivity contribution >= 4 is 10.0 Å². The molecule has 1 heterocycles. The Balaban J connectivity index is 2.43. The summed E-state index contributed by atoms with van der Waals surface area (Å²) in [5.74, 6) is 0.277. The predicted octanol–water partition coefficient (Wildman–Crippen LogP) is 0.460. The van der Waals surface area contributed by atoms with E-state index in [-0.39, 0.29) is 11.7 Å². The molecule has 102 valence electrons. The summed E-state index contributed by atoms with van der Waals surface area (Å²) in [4.78, 5) is 0. The highest BCUT2D eigenvalue weighted by Gasteiger charge is 2.26. The molecule has 3 N–H and O–H groups in total. The lowest BCUT2D eigenvalue weighted by Gasteiger charge is -2.27. The van der Waals surface area contributed by atoms with Gasteiger partial charge in [-0.25, -0.2) is 13.1 Å². The molecular weight excluding hydrogens is 240 g/mol. The molecule has 1 aliphatic rings. The van der Waals surface area contributed by atoms with Crippen molar-refractivity contribution in [2.24, 2.45) is 11.7 Å². The lowest BCUT2D eigenvalue weighted by Crippen LogP contribution is -2.49. The summed E-state index contributed by atoms with van der Waals surface area (Å²) >= 11 is 0. The molecule has 0 bridgehead atoms. The van der Waals surface area contributed by atoms with Gasteiger partial charge in [0, 0.05) is 18.7 Å². The van der Waals surface area contributed by atoms with Gasteiger partial charge in [-0.15, -0.1) is 0 Å². The summed E-state index contributed by atoms with van der Waals surface area (Å²) in [5.41, 5.74) is 5.63. The zero-order chi connectivity index (χ0) is 12.9. The smallest absolute Gasteiger partial charge is 0.212 e. The van der Waals surface area contributed by atoms with Gasteiger partial charge in [-0.1, -0.05) is 13.8 Å². The van der Waals surface area contributed by atoms with Crippen LogP contribution in [-0.4, -0.2) is 39.5 Å². The molecule has 0 aromatic rings. The van der Waals surface area contributed by atoms with Crippen molar-refractivity contribution in [2.45, 2.75) is 38.6 Å². The van der Waals surface area contributed by atoms with Crippen LogP contribution in [0.4, 0.5) is 0 Å². The van der Waals surface area contributed by atoms with Crippen molar-refractivity contribution in [2.75, 3.05) is 25.5 Å². The number of rotatable bonds is 7. The SMILES string of the molecule is CCC(N)(CC)CNS(=O)(=O)CC1CCOC1. The number of ether oxygens (including phenoxy) is 1. The molecule has 0 amide bonds. The maximum absolute atomic E-state index is 11.8. The van der Waals surface area contributed by atoms with Crippen LogP contribution in [0.5, 0.6) is 0 Å². The Morgan fingerprint density at radius 2 is 2.06 bits per heavy atom. The third kappa shape index (κ3) is 4.91. The van der Waals surface area contributed by atoms with Crippen molar-refractivity contribution < 1.29 is 13.2 Å². The number of hydrogen-bond acceptors (Lipinski definition) is 4. The highest BCUT2D eigenvalue weighted by molar-refractivity contribution is 7.89. The van der Waals surface area contributed by atoms with Crippen molar-refractivity contribution in [3.05, 3.63) is 0 Å². The van der Waals surface area contributed by atoms with Crippen LogP contribution >= 0.6 is 0 Å². The zero-order valence-corrected chi connectivity index (χ0v) is 11.6. The van der Waals surface area contributed by atoms with E-state index in [9.17, 15) is 8.42 Å². The topological polar surface area (TPSA) is 81.4 Å². The lowest BCUT2D eigenvalue weighted by atomic mass is 9.95. The van der Waals surface area contributed by atoms with Gasteiger partial charge in [0.2, 0.25) is 10.0 Å². The number of hydrogen-bond donors (Lipinski definition) is 2. The minimum absolute atomic E-state index is 0.128. The fraction of sp³-hybridized carbons (Fsp3) is 1.00. The first kappa shape index (κ1) is 14.9. The summed E-state index contributed by atoms with van der Waals surface area (Å²) in [7, 11) is -3.23. The second-order valence-electron chi connectivity index (χ2n) is 4.90. The van der Waals surface area contributed by atoms with Gasteiger partial charge in [0.15, 0.2) is 0 Å². The predicted molar refractivity (Wildman–Crippen MR) is 68.2 cm³/mol. The van der Waals surface area contributed by atoms with E-state index >= 15 is 0 Å². The molecule has 0 aliphatic carbocycles. The Hall–Kier alpha value is -0.170. The van der Waals surface area contributed by atoms with Crippen LogP contribution in [0, 0.1) is 5.92 Å². The van der Waals surface area contributed by atoms with Crippen molar-refractivity contribution in [3.63, 3.8) is 0 Å². The zero-order valence-electron chi connectivity index (χ0n) is 10.7. The number of nitrogens with one attached hydrogen (secondary N) is 1. The maximum atomic E-state index is 11.8. The van der Waals surface area contributed by atoms with Crippen LogP contribution in [0.1, 0.15) is 33.1 Å². The molecule has 0 radical (unpaired) electrons. The van der Waals surface area contributed by atoms with E-state index in [2.05, 4.69) is 4.72 Å². The molecule has 1 fully saturated rings. The van der Waals surface area contributed by atoms with Crippen LogP contribution < -0.4 is 10.5 Å². The summed E-state index contributed by atoms with van der Waals surface area (Å²) in [6.45, 7) is 5.49. The lowest BCUT2D eigenvalue weighted by molar-refractivity contribution is 0.188. The molecule has 1 rings (SSSR count). The molecule has 6 heteroatoms. The standard InChI is InChI=1S/C11H24N2O3S/c1-3-11(12,4-2)9-13-17(14,15)8-10-5-6-16-7-10/h10,13H,3-9,12H2,1-2H3. The number of nitrogens with two attached hydrogens (primary N) is 1. The van der Waals surface area contributed by atoms with Crippen molar-refractivity contribution in [1.82, 2.24) is 4.72 Å². The van der Waals surface area contributed by atoms with Crippen molar-refractivity contribution in [3.8, 4) is 0 Å². The summed E-state index contributed by atoms with van der Waals surface area (Å²) in [6, 6.07) is 0. The molecule has 0 aromatic heterocycles. The molecule has 0 saturated carbocycles. The summed E-state index contributed by atoms with van der Waals surface area (Å²) < 4.78 is 31.5. The van der Waals surface area contributed by atoms with Crippen LogP contribution in [0.15, 0.2) is 0 Å². The van der Waals surface area contributed by atoms with E-state index in [1.807, 2.05) is 13.8 Å². The van der Waals surface area contributed by atoms with Gasteiger partial charge in [0.05, 0.1) is 12.4 Å². The van der Waals surface area contributed by atoms with Crippen molar-refractivity contribution in [1.29, 1.82) is 0 Å². The average Bonchev–Trinajstić information content (AvgIpc) is 2.78. The Bertz CT molecular complexity index is 320. The van der Waals surface area contributed by atoms with Gasteiger partial charge in [0.1, 0.15) is 0 Å². The monoisotopic (exact) mass is 264 g/mol. The van der Waals surface area contributed by atoms with Gasteiger partial charge in [-0.3, -0.25) is 0 Å². The maximum Gasteiger partial charge on any atom is 0.212 e. The Morgan fingerprint density at radius 1 is 1.41 bits per heavy atom. The van der Waals surface area contributed by atoms with E-state index in [4.69, 9.17) is 10.5 Å². The first-order valence-electron chi connectivity index (χ1n) is 6.25. The molecule has 0 aromatic carbocycles. The van der Waals surface area contributed by atoms with Gasteiger partial charge in [0.25, 0.3) is 0 Å². The number of sulfonamides is 1. The molecule has 1 saturated heterocycles. The molecular formula is C11H24N2O3S. The fourth-order valence-corrected chi connectivity index (χ4v) is 3.35. The first-order chi connectivity index (χ1) is 7.91. The highest BCUT2D eigenvalue weighted by Crippen LogP contribution is 2.15. The summed E-state index contributed by atoms with van der Waals surface area (Å²) in [6.07, 6.45) is 2.35. The highest BCUT2D eigenvalue weighted by atomic mass is 32.2. The van der Waals surface area contributed by atoms with E-state index in [1.165, 1.54) is 0 Å². The summed E-state index contributed by atoms with van der Waals surface area (Å²) in [5, 5.41) is 0. The minimum atomic E-state index is -3.23. The van der Waals surface area contributed by atoms with Crippen LogP contribution in [0.25, 0.3) is 0 Å². The average molecular weight is 264 g/mol. The van der Waals surface area contributed by atoms with E-state index in [1.54, 1.807) is 0 Å². The largest absolute Gasteiger partial charge is 0.381 e. The Kier molecular flexibility index (Phi) is 5.37. The Morgan fingerprint density at radius 3 is 2.53 bits per heavy atom. The van der Waals surface area contributed by atoms with E-state index in [0.29, 0.717) is 19.8 Å². The fourth-order valence-electron chi connectivity index (χ4n) is 1.84.